The van der Waals surface area contributed by atoms with Crippen LogP contribution in [-0.2, 0) is 0 Å². The molecule has 21 heavy (non-hydrogen) atoms. The number of benzene rings is 1. The molecule has 0 unspecified atom stereocenters. The third-order valence-corrected chi connectivity index (χ3v) is 2.51. The maximum Gasteiger partial charge on any atom is 0.323 e. The molecule has 1 heterocycles. The van der Waals surface area contributed by atoms with Crippen molar-refractivity contribution in [3.05, 3.63) is 29.6 Å². The van der Waals surface area contributed by atoms with Crippen molar-refractivity contribution in [2.24, 2.45) is 5.84 Å². The summed E-state index contributed by atoms with van der Waals surface area (Å²) in [6.07, 6.45) is -0.0947. The lowest BCUT2D eigenvalue weighted by Gasteiger charge is -2.11. The van der Waals surface area contributed by atoms with Crippen LogP contribution in [0.2, 0.25) is 0 Å². The van der Waals surface area contributed by atoms with Gasteiger partial charge >= 0.3 is 6.01 Å². The van der Waals surface area contributed by atoms with Crippen LogP contribution < -0.4 is 21.3 Å². The number of nitrogens with two attached hydrogens (primary N) is 1. The van der Waals surface area contributed by atoms with Crippen molar-refractivity contribution in [3.63, 3.8) is 0 Å². The van der Waals surface area contributed by atoms with Gasteiger partial charge in [0.15, 0.2) is 0 Å². The molecule has 4 N–H and O–H groups in total. The second kappa shape index (κ2) is 6.31. The van der Waals surface area contributed by atoms with Crippen LogP contribution in [0.1, 0.15) is 19.4 Å². The maximum atomic E-state index is 13.5. The fourth-order valence-electron chi connectivity index (χ4n) is 1.54. The lowest BCUT2D eigenvalue weighted by molar-refractivity contribution is 0.222. The molecule has 0 amide bonds. The predicted molar refractivity (Wildman–Crippen MR) is 77.8 cm³/mol. The molecule has 0 aliphatic heterocycles. The molecule has 0 spiro atoms. The lowest BCUT2D eigenvalue weighted by Crippen LogP contribution is -2.15. The molecule has 0 atom stereocenters. The molecule has 112 valence electrons. The van der Waals surface area contributed by atoms with Crippen molar-refractivity contribution in [3.8, 4) is 6.01 Å². The van der Waals surface area contributed by atoms with Crippen LogP contribution in [0, 0.1) is 12.7 Å². The van der Waals surface area contributed by atoms with E-state index in [1.807, 2.05) is 13.8 Å². The average molecular weight is 292 g/mol. The topological polar surface area (TPSA) is 98.0 Å². The van der Waals surface area contributed by atoms with Gasteiger partial charge in [0.1, 0.15) is 5.82 Å². The van der Waals surface area contributed by atoms with Gasteiger partial charge in [-0.25, -0.2) is 10.2 Å². The monoisotopic (exact) mass is 292 g/mol. The summed E-state index contributed by atoms with van der Waals surface area (Å²) in [6, 6.07) is 4.87. The summed E-state index contributed by atoms with van der Waals surface area (Å²) < 4.78 is 18.9. The number of aryl methyl sites for hydroxylation is 1. The van der Waals surface area contributed by atoms with E-state index in [1.165, 1.54) is 6.07 Å². The van der Waals surface area contributed by atoms with Gasteiger partial charge in [0.25, 0.3) is 0 Å². The van der Waals surface area contributed by atoms with Gasteiger partial charge in [0.05, 0.1) is 6.10 Å². The number of aromatic nitrogens is 3. The minimum Gasteiger partial charge on any atom is -0.461 e. The maximum absolute atomic E-state index is 13.5. The Balaban J connectivity index is 2.27. The van der Waals surface area contributed by atoms with Gasteiger partial charge in [-0.15, -0.1) is 0 Å². The summed E-state index contributed by atoms with van der Waals surface area (Å²) in [5, 5.41) is 2.88. The Hall–Kier alpha value is -2.48. The van der Waals surface area contributed by atoms with Crippen LogP contribution in [0.3, 0.4) is 0 Å². The number of nitrogen functional groups attached to an aromatic ring is 1. The minimum atomic E-state index is -0.315. The number of nitrogens with one attached hydrogen (secondary N) is 2. The molecule has 0 aliphatic carbocycles. The van der Waals surface area contributed by atoms with Gasteiger partial charge in [-0.1, -0.05) is 6.07 Å². The van der Waals surface area contributed by atoms with Gasteiger partial charge in [0.2, 0.25) is 11.9 Å². The highest BCUT2D eigenvalue weighted by Crippen LogP contribution is 2.19. The Kier molecular flexibility index (Phi) is 4.49. The van der Waals surface area contributed by atoms with Gasteiger partial charge < -0.3 is 10.1 Å². The molecule has 0 aliphatic rings. The molecule has 2 aromatic rings. The number of hydrazine groups is 1. The molecule has 0 fully saturated rings. The zero-order valence-electron chi connectivity index (χ0n) is 12.0. The summed E-state index contributed by atoms with van der Waals surface area (Å²) in [5.74, 6) is 5.35. The van der Waals surface area contributed by atoms with Gasteiger partial charge in [-0.2, -0.15) is 15.0 Å². The summed E-state index contributed by atoms with van der Waals surface area (Å²) in [7, 11) is 0. The number of anilines is 3. The van der Waals surface area contributed by atoms with E-state index in [0.29, 0.717) is 11.3 Å². The van der Waals surface area contributed by atoms with E-state index in [1.54, 1.807) is 19.1 Å². The second-order valence-electron chi connectivity index (χ2n) is 4.67. The van der Waals surface area contributed by atoms with Crippen LogP contribution in [0.4, 0.5) is 22.0 Å². The van der Waals surface area contributed by atoms with E-state index >= 15 is 0 Å². The van der Waals surface area contributed by atoms with E-state index < -0.39 is 0 Å². The fourth-order valence-corrected chi connectivity index (χ4v) is 1.54. The van der Waals surface area contributed by atoms with Crippen LogP contribution in [-0.4, -0.2) is 21.1 Å². The van der Waals surface area contributed by atoms with E-state index in [0.717, 1.165) is 0 Å². The van der Waals surface area contributed by atoms with Crippen LogP contribution in [0.5, 0.6) is 6.01 Å². The van der Waals surface area contributed by atoms with Crippen molar-refractivity contribution >= 4 is 17.6 Å². The third-order valence-electron chi connectivity index (χ3n) is 2.51. The standard InChI is InChI=1S/C13H17FN6O/c1-7(2)21-13-18-11(17-12(19-13)20-15)16-9-5-4-8(3)10(14)6-9/h4-7H,15H2,1-3H3,(H2,16,17,18,19,20). The normalized spacial score (nSPS) is 10.6. The van der Waals surface area contributed by atoms with E-state index in [4.69, 9.17) is 10.6 Å². The molecule has 8 heteroatoms. The molecule has 0 saturated heterocycles. The Labute approximate surface area is 121 Å². The van der Waals surface area contributed by atoms with Crippen molar-refractivity contribution in [1.29, 1.82) is 0 Å². The molecule has 0 bridgehead atoms. The zero-order chi connectivity index (χ0) is 15.4. The Morgan fingerprint density at radius 1 is 1.19 bits per heavy atom. The smallest absolute Gasteiger partial charge is 0.323 e. The van der Waals surface area contributed by atoms with Crippen molar-refractivity contribution in [2.75, 3.05) is 10.7 Å². The van der Waals surface area contributed by atoms with Crippen LogP contribution >= 0.6 is 0 Å². The van der Waals surface area contributed by atoms with Crippen LogP contribution in [0.25, 0.3) is 0 Å². The Bertz CT molecular complexity index is 634. The lowest BCUT2D eigenvalue weighted by atomic mass is 10.2. The second-order valence-corrected chi connectivity index (χ2v) is 4.67. The summed E-state index contributed by atoms with van der Waals surface area (Å²) in [4.78, 5) is 12.1. The summed E-state index contributed by atoms with van der Waals surface area (Å²) >= 11 is 0. The number of rotatable bonds is 5. The van der Waals surface area contributed by atoms with E-state index in [9.17, 15) is 4.39 Å². The first-order valence-corrected chi connectivity index (χ1v) is 6.40. The highest BCUT2D eigenvalue weighted by molar-refractivity contribution is 5.55. The average Bonchev–Trinajstić information content (AvgIpc) is 2.42. The highest BCUT2D eigenvalue weighted by Gasteiger charge is 2.09. The summed E-state index contributed by atoms with van der Waals surface area (Å²) in [5.41, 5.74) is 3.41. The number of hydrogen-bond acceptors (Lipinski definition) is 7. The van der Waals surface area contributed by atoms with Gasteiger partial charge in [-0.05, 0) is 38.5 Å². The third kappa shape index (κ3) is 3.99. The zero-order valence-corrected chi connectivity index (χ0v) is 12.0. The van der Waals surface area contributed by atoms with Crippen molar-refractivity contribution in [2.45, 2.75) is 26.9 Å². The van der Waals surface area contributed by atoms with Gasteiger partial charge in [-0.3, -0.25) is 5.43 Å². The first kappa shape index (κ1) is 14.9. The SMILES string of the molecule is Cc1ccc(Nc2nc(NN)nc(OC(C)C)n2)cc1F. The number of ether oxygens (including phenoxy) is 1. The fraction of sp³-hybridized carbons (Fsp3) is 0.308. The molecule has 2 rings (SSSR count). The number of halogens is 1. The summed E-state index contributed by atoms with van der Waals surface area (Å²) in [6.45, 7) is 5.39. The Morgan fingerprint density at radius 2 is 1.90 bits per heavy atom. The molecule has 7 nitrogen and oxygen atoms in total. The predicted octanol–water partition coefficient (Wildman–Crippen LogP) is 2.14. The van der Waals surface area contributed by atoms with Crippen molar-refractivity contribution < 1.29 is 9.13 Å². The molecular weight excluding hydrogens is 275 g/mol. The highest BCUT2D eigenvalue weighted by atomic mass is 19.1. The molecule has 0 saturated carbocycles. The van der Waals surface area contributed by atoms with Crippen LogP contribution in [0.15, 0.2) is 18.2 Å². The molecule has 1 aromatic carbocycles. The quantitative estimate of drug-likeness (QED) is 0.573. The number of hydrogen-bond donors (Lipinski definition) is 3. The van der Waals surface area contributed by atoms with Gasteiger partial charge in [0, 0.05) is 5.69 Å². The Morgan fingerprint density at radius 3 is 2.52 bits per heavy atom. The largest absolute Gasteiger partial charge is 0.461 e. The van der Waals surface area contributed by atoms with E-state index in [2.05, 4.69) is 25.7 Å². The number of nitrogens with zero attached hydrogens (tertiary/aromatic N) is 3. The van der Waals surface area contributed by atoms with E-state index in [-0.39, 0.29) is 29.8 Å². The molecule has 1 aromatic heterocycles. The minimum absolute atomic E-state index is 0.0947. The molecular formula is C13H17FN6O. The first-order valence-electron chi connectivity index (χ1n) is 6.40. The first-order chi connectivity index (χ1) is 9.97. The van der Waals surface area contributed by atoms with Crippen molar-refractivity contribution in [1.82, 2.24) is 15.0 Å². The molecule has 0 radical (unpaired) electrons.